The van der Waals surface area contributed by atoms with Crippen LogP contribution in [0.15, 0.2) is 22.9 Å². The van der Waals surface area contributed by atoms with Gasteiger partial charge in [-0.25, -0.2) is 0 Å². The van der Waals surface area contributed by atoms with Crippen molar-refractivity contribution in [2.75, 3.05) is 0 Å². The first-order valence-corrected chi connectivity index (χ1v) is 5.85. The van der Waals surface area contributed by atoms with E-state index in [1.807, 2.05) is 12.3 Å². The Morgan fingerprint density at radius 1 is 1.56 bits per heavy atom. The molecule has 0 bridgehead atoms. The zero-order chi connectivity index (χ0) is 6.69. The van der Waals surface area contributed by atoms with E-state index >= 15 is 0 Å². The van der Waals surface area contributed by atoms with Crippen LogP contribution in [-0.2, 0) is 0 Å². The summed E-state index contributed by atoms with van der Waals surface area (Å²) >= 11 is 3.85. The topological polar surface area (TPSA) is 12.9 Å². The van der Waals surface area contributed by atoms with Crippen LogP contribution in [0.25, 0.3) is 0 Å². The third-order valence-electron chi connectivity index (χ3n) is 0.936. The van der Waals surface area contributed by atoms with Crippen molar-refractivity contribution in [3.8, 4) is 0 Å². The Balaban J connectivity index is 2.88. The van der Waals surface area contributed by atoms with Crippen LogP contribution in [0.2, 0.25) is 5.82 Å². The first-order chi connectivity index (χ1) is 4.33. The molecular weight excluding hydrogens is 245 g/mol. The van der Waals surface area contributed by atoms with Crippen LogP contribution in [0.1, 0.15) is 0 Å². The number of hydrogen-bond donors (Lipinski definition) is 0. The van der Waals surface area contributed by atoms with Crippen molar-refractivity contribution >= 4 is 35.3 Å². The summed E-state index contributed by atoms with van der Waals surface area (Å²) < 4.78 is 2.25. The Morgan fingerprint density at radius 2 is 2.33 bits per heavy atom. The van der Waals surface area contributed by atoms with Crippen molar-refractivity contribution in [2.24, 2.45) is 0 Å². The summed E-state index contributed by atoms with van der Waals surface area (Å²) in [7, 11) is 0. The van der Waals surface area contributed by atoms with Crippen molar-refractivity contribution in [1.29, 1.82) is 0 Å². The van der Waals surface area contributed by atoms with E-state index in [1.54, 1.807) is 0 Å². The summed E-state index contributed by atoms with van der Waals surface area (Å²) in [5.74, 6) is 2.18. The second-order valence-corrected chi connectivity index (χ2v) is 4.18. The van der Waals surface area contributed by atoms with Gasteiger partial charge in [0.1, 0.15) is 0 Å². The zero-order valence-electron chi connectivity index (χ0n) is 4.97. The molecule has 0 spiro atoms. The fourth-order valence-corrected chi connectivity index (χ4v) is 1.48. The number of rotatable bonds is 1. The number of nitrogens with zero attached hydrogens (tertiary/aromatic N) is 1. The van der Waals surface area contributed by atoms with Gasteiger partial charge in [-0.2, -0.15) is 0 Å². The monoisotopic (exact) mass is 251 g/mol. The Hall–Kier alpha value is 0.149. The second kappa shape index (κ2) is 3.35. The molecule has 0 saturated heterocycles. The first kappa shape index (κ1) is 7.26. The molecule has 1 rings (SSSR count). The molecule has 0 unspecified atom stereocenters. The summed E-state index contributed by atoms with van der Waals surface area (Å²) in [4.78, 5) is 4.08. The predicted octanol–water partition coefficient (Wildman–Crippen LogP) is 1.22. The van der Waals surface area contributed by atoms with E-state index in [4.69, 9.17) is 0 Å². The minimum absolute atomic E-state index is 0.577. The number of pyridine rings is 1. The van der Waals surface area contributed by atoms with Gasteiger partial charge in [0, 0.05) is 0 Å². The Kier molecular flexibility index (Phi) is 2.70. The van der Waals surface area contributed by atoms with Gasteiger partial charge in [0.15, 0.2) is 0 Å². The first-order valence-electron chi connectivity index (χ1n) is 2.48. The molecule has 9 heavy (non-hydrogen) atoms. The molecule has 0 aromatic carbocycles. The molecule has 0 N–H and O–H groups in total. The second-order valence-electron chi connectivity index (χ2n) is 1.52. The Labute approximate surface area is 69.2 Å². The molecule has 0 saturated carbocycles. The van der Waals surface area contributed by atoms with E-state index < -0.39 is 0 Å². The van der Waals surface area contributed by atoms with Crippen LogP contribution in [-0.4, -0.2) is 19.9 Å². The fraction of sp³-hybridized carbons (Fsp3) is 0.167. The van der Waals surface area contributed by atoms with Crippen molar-refractivity contribution in [1.82, 2.24) is 4.98 Å². The van der Waals surface area contributed by atoms with Crippen LogP contribution < -0.4 is 4.46 Å². The van der Waals surface area contributed by atoms with E-state index in [2.05, 4.69) is 32.8 Å². The molecule has 0 atom stereocenters. The third kappa shape index (κ3) is 2.09. The Bertz CT molecular complexity index is 185. The van der Waals surface area contributed by atoms with Gasteiger partial charge in [0.2, 0.25) is 0 Å². The van der Waals surface area contributed by atoms with Crippen molar-refractivity contribution in [2.45, 2.75) is 5.82 Å². The molecule has 48 valence electrons. The van der Waals surface area contributed by atoms with E-state index in [9.17, 15) is 0 Å². The van der Waals surface area contributed by atoms with Crippen LogP contribution in [0.3, 0.4) is 0 Å². The van der Waals surface area contributed by atoms with E-state index in [0.717, 1.165) is 4.60 Å². The molecule has 0 amide bonds. The van der Waals surface area contributed by atoms with Gasteiger partial charge in [-0.05, 0) is 0 Å². The minimum atomic E-state index is 0.577. The molecule has 0 aliphatic rings. The average molecular weight is 251 g/mol. The van der Waals surface area contributed by atoms with Gasteiger partial charge in [-0.3, -0.25) is 0 Å². The molecule has 0 aliphatic heterocycles. The van der Waals surface area contributed by atoms with Crippen molar-refractivity contribution < 1.29 is 0 Å². The Morgan fingerprint density at radius 3 is 2.78 bits per heavy atom. The normalized spacial score (nSPS) is 9.56. The van der Waals surface area contributed by atoms with Gasteiger partial charge >= 0.3 is 69.1 Å². The summed E-state index contributed by atoms with van der Waals surface area (Å²) in [5.41, 5.74) is 0. The maximum absolute atomic E-state index is 4.08. The molecule has 1 heterocycles. The van der Waals surface area contributed by atoms with E-state index in [0.29, 0.717) is 15.0 Å². The third-order valence-corrected chi connectivity index (χ3v) is 2.90. The summed E-state index contributed by atoms with van der Waals surface area (Å²) in [6.07, 6.45) is 1.91. The molecule has 0 radical (unpaired) electrons. The fourth-order valence-electron chi connectivity index (χ4n) is 0.483. The molecule has 1 aromatic heterocycles. The van der Waals surface area contributed by atoms with Crippen LogP contribution in [0.5, 0.6) is 0 Å². The van der Waals surface area contributed by atoms with Crippen LogP contribution in [0, 0.1) is 0 Å². The number of hydrogen-bond acceptors (Lipinski definition) is 1. The zero-order valence-corrected chi connectivity index (χ0v) is 8.26. The van der Waals surface area contributed by atoms with Gasteiger partial charge in [0.05, 0.1) is 0 Å². The standard InChI is InChI=1S/C6H6BrNSe/c1-9-5-2-3-6(7)8-4-5/h2-4H,1H3. The number of halogens is 1. The van der Waals surface area contributed by atoms with E-state index in [1.165, 1.54) is 4.46 Å². The van der Waals surface area contributed by atoms with Crippen molar-refractivity contribution in [3.63, 3.8) is 0 Å². The quantitative estimate of drug-likeness (QED) is 0.540. The molecule has 0 aliphatic carbocycles. The van der Waals surface area contributed by atoms with Gasteiger partial charge in [0.25, 0.3) is 0 Å². The van der Waals surface area contributed by atoms with Crippen LogP contribution in [0.4, 0.5) is 0 Å². The predicted molar refractivity (Wildman–Crippen MR) is 43.2 cm³/mol. The SMILES string of the molecule is C[Se]c1ccc(Br)nc1. The van der Waals surface area contributed by atoms with Gasteiger partial charge in [-0.1, -0.05) is 0 Å². The van der Waals surface area contributed by atoms with Crippen LogP contribution >= 0.6 is 15.9 Å². The summed E-state index contributed by atoms with van der Waals surface area (Å²) in [6.45, 7) is 0. The summed E-state index contributed by atoms with van der Waals surface area (Å²) in [5, 5.41) is 0. The molecule has 1 aromatic rings. The molecule has 0 fully saturated rings. The van der Waals surface area contributed by atoms with Crippen molar-refractivity contribution in [3.05, 3.63) is 22.9 Å². The van der Waals surface area contributed by atoms with Gasteiger partial charge in [-0.15, -0.1) is 0 Å². The number of aromatic nitrogens is 1. The molecular formula is C6H6BrNSe. The summed E-state index contributed by atoms with van der Waals surface area (Å²) in [6, 6.07) is 4.07. The van der Waals surface area contributed by atoms with Gasteiger partial charge < -0.3 is 0 Å². The average Bonchev–Trinajstić information content (AvgIpc) is 1.90. The maximum atomic E-state index is 4.08. The molecule has 1 nitrogen and oxygen atoms in total. The van der Waals surface area contributed by atoms with E-state index in [-0.39, 0.29) is 0 Å². The molecule has 3 heteroatoms.